The van der Waals surface area contributed by atoms with Crippen molar-refractivity contribution in [3.63, 3.8) is 0 Å². The quantitative estimate of drug-likeness (QED) is 0.887. The predicted molar refractivity (Wildman–Crippen MR) is 78.0 cm³/mol. The SMILES string of the molecule is O=C(c1ncccc1C(F)(F)F)N1CCC(N2CCNCC2)C1. The summed E-state index contributed by atoms with van der Waals surface area (Å²) in [6, 6.07) is 2.33. The zero-order chi connectivity index (χ0) is 16.4. The summed E-state index contributed by atoms with van der Waals surface area (Å²) in [5.41, 5.74) is -1.46. The van der Waals surface area contributed by atoms with Crippen LogP contribution in [0, 0.1) is 0 Å². The number of nitrogens with zero attached hydrogens (tertiary/aromatic N) is 3. The van der Waals surface area contributed by atoms with E-state index in [0.29, 0.717) is 13.1 Å². The maximum atomic E-state index is 13.0. The van der Waals surface area contributed by atoms with Gasteiger partial charge in [0, 0.05) is 51.5 Å². The molecule has 2 saturated heterocycles. The molecular formula is C15H19F3N4O. The molecule has 126 valence electrons. The largest absolute Gasteiger partial charge is 0.418 e. The summed E-state index contributed by atoms with van der Waals surface area (Å²) in [6.45, 7) is 4.56. The van der Waals surface area contributed by atoms with Crippen LogP contribution in [-0.2, 0) is 6.18 Å². The first-order chi connectivity index (χ1) is 11.0. The number of rotatable bonds is 2. The summed E-state index contributed by atoms with van der Waals surface area (Å²) in [5.74, 6) is -0.629. The van der Waals surface area contributed by atoms with Crippen molar-refractivity contribution in [3.05, 3.63) is 29.6 Å². The van der Waals surface area contributed by atoms with Gasteiger partial charge in [0.2, 0.25) is 0 Å². The maximum Gasteiger partial charge on any atom is 0.418 e. The molecule has 0 aliphatic carbocycles. The van der Waals surface area contributed by atoms with Crippen molar-refractivity contribution in [2.75, 3.05) is 39.3 Å². The summed E-state index contributed by atoms with van der Waals surface area (Å²) in [5, 5.41) is 3.26. The average molecular weight is 328 g/mol. The Balaban J connectivity index is 1.72. The minimum absolute atomic E-state index is 0.221. The smallest absolute Gasteiger partial charge is 0.336 e. The van der Waals surface area contributed by atoms with Crippen LogP contribution >= 0.6 is 0 Å². The van der Waals surface area contributed by atoms with Crippen molar-refractivity contribution in [2.45, 2.75) is 18.6 Å². The molecule has 1 aromatic rings. The van der Waals surface area contributed by atoms with Gasteiger partial charge in [-0.2, -0.15) is 13.2 Å². The van der Waals surface area contributed by atoms with Crippen molar-refractivity contribution in [2.24, 2.45) is 0 Å². The van der Waals surface area contributed by atoms with Gasteiger partial charge in [0.15, 0.2) is 0 Å². The third-order valence-electron chi connectivity index (χ3n) is 4.43. The molecule has 8 heteroatoms. The fraction of sp³-hybridized carbons (Fsp3) is 0.600. The second kappa shape index (κ2) is 6.45. The molecule has 1 aromatic heterocycles. The molecule has 0 saturated carbocycles. The van der Waals surface area contributed by atoms with Gasteiger partial charge < -0.3 is 10.2 Å². The van der Waals surface area contributed by atoms with Gasteiger partial charge in [0.1, 0.15) is 5.69 Å². The fourth-order valence-corrected chi connectivity index (χ4v) is 3.23. The van der Waals surface area contributed by atoms with E-state index in [0.717, 1.165) is 38.7 Å². The first kappa shape index (κ1) is 16.2. The average Bonchev–Trinajstić information content (AvgIpc) is 3.04. The highest BCUT2D eigenvalue weighted by atomic mass is 19.4. The van der Waals surface area contributed by atoms with Crippen molar-refractivity contribution in [1.29, 1.82) is 0 Å². The van der Waals surface area contributed by atoms with Crippen LogP contribution in [0.25, 0.3) is 0 Å². The highest BCUT2D eigenvalue weighted by Crippen LogP contribution is 2.32. The van der Waals surface area contributed by atoms with E-state index in [4.69, 9.17) is 0 Å². The van der Waals surface area contributed by atoms with E-state index in [1.165, 1.54) is 17.2 Å². The van der Waals surface area contributed by atoms with E-state index >= 15 is 0 Å². The number of aromatic nitrogens is 1. The molecule has 2 aliphatic heterocycles. The lowest BCUT2D eigenvalue weighted by Gasteiger charge is -2.32. The topological polar surface area (TPSA) is 48.5 Å². The van der Waals surface area contributed by atoms with Gasteiger partial charge in [-0.25, -0.2) is 0 Å². The van der Waals surface area contributed by atoms with Crippen LogP contribution in [0.1, 0.15) is 22.5 Å². The Hall–Kier alpha value is -1.67. The van der Waals surface area contributed by atoms with Crippen LogP contribution in [0.4, 0.5) is 13.2 Å². The molecule has 0 radical (unpaired) electrons. The number of hydrogen-bond donors (Lipinski definition) is 1. The Labute approximate surface area is 132 Å². The lowest BCUT2D eigenvalue weighted by atomic mass is 10.1. The zero-order valence-electron chi connectivity index (χ0n) is 12.6. The highest BCUT2D eigenvalue weighted by molar-refractivity contribution is 5.94. The summed E-state index contributed by atoms with van der Waals surface area (Å²) in [7, 11) is 0. The molecule has 2 aliphatic rings. The number of pyridine rings is 1. The number of piperazine rings is 1. The van der Waals surface area contributed by atoms with Crippen molar-refractivity contribution >= 4 is 5.91 Å². The summed E-state index contributed by atoms with van der Waals surface area (Å²) >= 11 is 0. The van der Waals surface area contributed by atoms with Crippen LogP contribution in [0.2, 0.25) is 0 Å². The Morgan fingerprint density at radius 3 is 2.70 bits per heavy atom. The normalized spacial score (nSPS) is 23.3. The predicted octanol–water partition coefficient (Wildman–Crippen LogP) is 1.22. The van der Waals surface area contributed by atoms with E-state index in [-0.39, 0.29) is 6.04 Å². The molecule has 3 heterocycles. The van der Waals surface area contributed by atoms with Crippen LogP contribution in [0.3, 0.4) is 0 Å². The van der Waals surface area contributed by atoms with Crippen LogP contribution in [0.15, 0.2) is 18.3 Å². The number of halogens is 3. The van der Waals surface area contributed by atoms with Gasteiger partial charge in [0.25, 0.3) is 5.91 Å². The molecule has 3 rings (SSSR count). The Morgan fingerprint density at radius 2 is 2.00 bits per heavy atom. The lowest BCUT2D eigenvalue weighted by Crippen LogP contribution is -2.49. The minimum Gasteiger partial charge on any atom is -0.336 e. The molecule has 0 spiro atoms. The van der Waals surface area contributed by atoms with Crippen LogP contribution in [-0.4, -0.2) is 66.0 Å². The molecule has 1 atom stereocenters. The van der Waals surface area contributed by atoms with E-state index in [9.17, 15) is 18.0 Å². The molecule has 0 bridgehead atoms. The maximum absolute atomic E-state index is 13.0. The second-order valence-electron chi connectivity index (χ2n) is 5.88. The molecule has 5 nitrogen and oxygen atoms in total. The van der Waals surface area contributed by atoms with E-state index in [1.807, 2.05) is 0 Å². The number of alkyl halides is 3. The van der Waals surface area contributed by atoms with Crippen molar-refractivity contribution < 1.29 is 18.0 Å². The Bertz CT molecular complexity index is 572. The van der Waals surface area contributed by atoms with E-state index in [2.05, 4.69) is 15.2 Å². The standard InChI is InChI=1S/C15H19F3N4O/c16-15(17,18)12-2-1-4-20-13(12)14(23)22-7-3-11(10-22)21-8-5-19-6-9-21/h1-2,4,11,19H,3,5-10H2. The molecule has 23 heavy (non-hydrogen) atoms. The number of likely N-dealkylation sites (tertiary alicyclic amines) is 1. The Morgan fingerprint density at radius 1 is 1.26 bits per heavy atom. The number of amides is 1. The molecular weight excluding hydrogens is 309 g/mol. The highest BCUT2D eigenvalue weighted by Gasteiger charge is 2.39. The minimum atomic E-state index is -4.57. The summed E-state index contributed by atoms with van der Waals surface area (Å²) in [6.07, 6.45) is -2.55. The van der Waals surface area contributed by atoms with Gasteiger partial charge >= 0.3 is 6.18 Å². The third-order valence-corrected chi connectivity index (χ3v) is 4.43. The van der Waals surface area contributed by atoms with Gasteiger partial charge in [0.05, 0.1) is 5.56 Å². The molecule has 1 unspecified atom stereocenters. The molecule has 0 aromatic carbocycles. The van der Waals surface area contributed by atoms with Gasteiger partial charge in [-0.3, -0.25) is 14.7 Å². The summed E-state index contributed by atoms with van der Waals surface area (Å²) in [4.78, 5) is 20.0. The van der Waals surface area contributed by atoms with Gasteiger partial charge in [-0.15, -0.1) is 0 Å². The zero-order valence-corrected chi connectivity index (χ0v) is 12.6. The molecule has 1 amide bonds. The van der Waals surface area contributed by atoms with Crippen LogP contribution in [0.5, 0.6) is 0 Å². The van der Waals surface area contributed by atoms with Gasteiger partial charge in [-0.1, -0.05) is 0 Å². The third kappa shape index (κ3) is 3.48. The van der Waals surface area contributed by atoms with E-state index in [1.54, 1.807) is 0 Å². The first-order valence-electron chi connectivity index (χ1n) is 7.73. The fourth-order valence-electron chi connectivity index (χ4n) is 3.23. The first-order valence-corrected chi connectivity index (χ1v) is 7.73. The molecule has 1 N–H and O–H groups in total. The lowest BCUT2D eigenvalue weighted by molar-refractivity contribution is -0.138. The van der Waals surface area contributed by atoms with Crippen molar-refractivity contribution in [3.8, 4) is 0 Å². The second-order valence-corrected chi connectivity index (χ2v) is 5.88. The summed E-state index contributed by atoms with van der Waals surface area (Å²) < 4.78 is 39.1. The number of carbonyl (C=O) groups excluding carboxylic acids is 1. The van der Waals surface area contributed by atoms with Crippen molar-refractivity contribution in [1.82, 2.24) is 20.1 Å². The van der Waals surface area contributed by atoms with Gasteiger partial charge in [-0.05, 0) is 18.6 Å². The monoisotopic (exact) mass is 328 g/mol. The number of carbonyl (C=O) groups is 1. The van der Waals surface area contributed by atoms with E-state index < -0.39 is 23.3 Å². The van der Waals surface area contributed by atoms with Crippen LogP contribution < -0.4 is 5.32 Å². The molecule has 2 fully saturated rings. The number of nitrogens with one attached hydrogen (secondary N) is 1. The number of hydrogen-bond acceptors (Lipinski definition) is 4. The Kier molecular flexibility index (Phi) is 4.54.